The lowest BCUT2D eigenvalue weighted by atomic mass is 10.2. The van der Waals surface area contributed by atoms with Crippen LogP contribution < -0.4 is 10.1 Å². The fraction of sp³-hybridized carbons (Fsp3) is 0.125. The summed E-state index contributed by atoms with van der Waals surface area (Å²) < 4.78 is 5.36. The van der Waals surface area contributed by atoms with Crippen LogP contribution in [-0.4, -0.2) is 22.7 Å². The van der Waals surface area contributed by atoms with Crippen LogP contribution in [0.3, 0.4) is 0 Å². The topological polar surface area (TPSA) is 67.0 Å². The van der Waals surface area contributed by atoms with E-state index in [9.17, 15) is 4.79 Å². The minimum atomic E-state index is -0.156. The molecule has 2 N–H and O–H groups in total. The van der Waals surface area contributed by atoms with Crippen molar-refractivity contribution in [2.75, 3.05) is 11.9 Å². The molecule has 0 aliphatic rings. The second-order valence-corrected chi connectivity index (χ2v) is 4.58. The Hall–Kier alpha value is -2.82. The molecule has 1 aromatic heterocycles. The molecule has 0 saturated carbocycles. The van der Waals surface area contributed by atoms with Crippen molar-refractivity contribution < 1.29 is 9.53 Å². The predicted molar refractivity (Wildman–Crippen MR) is 81.7 cm³/mol. The van der Waals surface area contributed by atoms with Crippen molar-refractivity contribution in [2.45, 2.75) is 6.92 Å². The first kappa shape index (κ1) is 13.2. The summed E-state index contributed by atoms with van der Waals surface area (Å²) in [4.78, 5) is 12.2. The zero-order valence-electron chi connectivity index (χ0n) is 11.6. The molecular formula is C16H15N3O2. The van der Waals surface area contributed by atoms with Gasteiger partial charge in [-0.1, -0.05) is 0 Å². The number of hydrogen-bond donors (Lipinski definition) is 2. The van der Waals surface area contributed by atoms with Crippen LogP contribution in [0.4, 0.5) is 5.69 Å². The van der Waals surface area contributed by atoms with Gasteiger partial charge in [0.15, 0.2) is 0 Å². The second kappa shape index (κ2) is 5.66. The zero-order valence-corrected chi connectivity index (χ0v) is 11.6. The van der Waals surface area contributed by atoms with Crippen LogP contribution in [0.25, 0.3) is 10.9 Å². The van der Waals surface area contributed by atoms with Crippen molar-refractivity contribution in [1.82, 2.24) is 10.2 Å². The van der Waals surface area contributed by atoms with Gasteiger partial charge in [0.1, 0.15) is 5.75 Å². The number of carbonyl (C=O) groups is 1. The van der Waals surface area contributed by atoms with Crippen molar-refractivity contribution in [3.05, 3.63) is 54.2 Å². The normalized spacial score (nSPS) is 10.5. The van der Waals surface area contributed by atoms with Crippen molar-refractivity contribution in [3.63, 3.8) is 0 Å². The van der Waals surface area contributed by atoms with E-state index in [2.05, 4.69) is 15.5 Å². The van der Waals surface area contributed by atoms with Crippen LogP contribution >= 0.6 is 0 Å². The third-order valence-corrected chi connectivity index (χ3v) is 3.13. The van der Waals surface area contributed by atoms with Crippen LogP contribution in [0, 0.1) is 0 Å². The molecule has 1 amide bonds. The summed E-state index contributed by atoms with van der Waals surface area (Å²) in [6.45, 7) is 2.53. The number of nitrogens with one attached hydrogen (secondary N) is 2. The van der Waals surface area contributed by atoms with Crippen LogP contribution in [0.1, 0.15) is 17.3 Å². The van der Waals surface area contributed by atoms with Gasteiger partial charge in [-0.2, -0.15) is 5.10 Å². The minimum Gasteiger partial charge on any atom is -0.494 e. The fourth-order valence-electron chi connectivity index (χ4n) is 2.09. The van der Waals surface area contributed by atoms with Crippen molar-refractivity contribution in [2.24, 2.45) is 0 Å². The number of rotatable bonds is 4. The van der Waals surface area contributed by atoms with Crippen molar-refractivity contribution >= 4 is 22.5 Å². The van der Waals surface area contributed by atoms with E-state index < -0.39 is 0 Å². The highest BCUT2D eigenvalue weighted by Crippen LogP contribution is 2.18. The standard InChI is InChI=1S/C16H15N3O2/c1-2-21-14-7-4-11(5-8-14)16(20)18-13-6-3-12-10-17-19-15(12)9-13/h3-10H,2H2,1H3,(H,17,19)(H,18,20). The molecule has 0 spiro atoms. The van der Waals surface area contributed by atoms with Gasteiger partial charge in [-0.05, 0) is 49.4 Å². The Morgan fingerprint density at radius 1 is 1.24 bits per heavy atom. The van der Waals surface area contributed by atoms with Gasteiger partial charge < -0.3 is 10.1 Å². The molecule has 0 atom stereocenters. The zero-order chi connectivity index (χ0) is 14.7. The molecule has 5 heteroatoms. The number of benzene rings is 2. The number of carbonyl (C=O) groups excluding carboxylic acids is 1. The van der Waals surface area contributed by atoms with Crippen LogP contribution in [-0.2, 0) is 0 Å². The summed E-state index contributed by atoms with van der Waals surface area (Å²) in [5, 5.41) is 10.7. The third kappa shape index (κ3) is 2.86. The van der Waals surface area contributed by atoms with Gasteiger partial charge in [0.25, 0.3) is 5.91 Å². The maximum atomic E-state index is 12.2. The molecule has 0 saturated heterocycles. The van der Waals surface area contributed by atoms with Gasteiger partial charge in [-0.25, -0.2) is 0 Å². The van der Waals surface area contributed by atoms with Gasteiger partial charge in [0.2, 0.25) is 0 Å². The van der Waals surface area contributed by atoms with Crippen LogP contribution in [0.2, 0.25) is 0 Å². The number of anilines is 1. The van der Waals surface area contributed by atoms with E-state index in [1.807, 2.05) is 25.1 Å². The Kier molecular flexibility index (Phi) is 3.55. The Bertz CT molecular complexity index is 763. The van der Waals surface area contributed by atoms with Gasteiger partial charge in [0.05, 0.1) is 18.3 Å². The van der Waals surface area contributed by atoms with E-state index >= 15 is 0 Å². The average Bonchev–Trinajstić information content (AvgIpc) is 2.96. The largest absolute Gasteiger partial charge is 0.494 e. The molecule has 3 aromatic rings. The highest BCUT2D eigenvalue weighted by atomic mass is 16.5. The Morgan fingerprint density at radius 3 is 2.81 bits per heavy atom. The summed E-state index contributed by atoms with van der Waals surface area (Å²) in [5.74, 6) is 0.602. The summed E-state index contributed by atoms with van der Waals surface area (Å²) in [6.07, 6.45) is 1.74. The van der Waals surface area contributed by atoms with Gasteiger partial charge in [-0.3, -0.25) is 9.89 Å². The second-order valence-electron chi connectivity index (χ2n) is 4.58. The third-order valence-electron chi connectivity index (χ3n) is 3.13. The number of amides is 1. The molecule has 21 heavy (non-hydrogen) atoms. The summed E-state index contributed by atoms with van der Waals surface area (Å²) >= 11 is 0. The monoisotopic (exact) mass is 281 g/mol. The van der Waals surface area contributed by atoms with E-state index in [1.165, 1.54) is 0 Å². The molecule has 5 nitrogen and oxygen atoms in total. The van der Waals surface area contributed by atoms with Crippen LogP contribution in [0.5, 0.6) is 5.75 Å². The molecule has 0 radical (unpaired) electrons. The molecule has 0 aliphatic heterocycles. The molecular weight excluding hydrogens is 266 g/mol. The maximum absolute atomic E-state index is 12.2. The minimum absolute atomic E-state index is 0.156. The van der Waals surface area contributed by atoms with E-state index in [4.69, 9.17) is 4.74 Å². The van der Waals surface area contributed by atoms with Gasteiger partial charge in [-0.15, -0.1) is 0 Å². The fourth-order valence-corrected chi connectivity index (χ4v) is 2.09. The summed E-state index contributed by atoms with van der Waals surface area (Å²) in [7, 11) is 0. The number of H-pyrrole nitrogens is 1. The highest BCUT2D eigenvalue weighted by Gasteiger charge is 2.07. The SMILES string of the molecule is CCOc1ccc(C(=O)Nc2ccc3cn[nH]c3c2)cc1. The molecule has 106 valence electrons. The van der Waals surface area contributed by atoms with E-state index in [1.54, 1.807) is 30.5 Å². The molecule has 0 unspecified atom stereocenters. The number of aromatic amines is 1. The molecule has 0 bridgehead atoms. The van der Waals surface area contributed by atoms with E-state index in [0.717, 1.165) is 22.3 Å². The Balaban J connectivity index is 1.75. The number of nitrogens with zero attached hydrogens (tertiary/aromatic N) is 1. The first-order chi connectivity index (χ1) is 10.3. The highest BCUT2D eigenvalue weighted by molar-refractivity contribution is 6.05. The molecule has 2 aromatic carbocycles. The molecule has 1 heterocycles. The smallest absolute Gasteiger partial charge is 0.255 e. The quantitative estimate of drug-likeness (QED) is 0.771. The predicted octanol–water partition coefficient (Wildman–Crippen LogP) is 3.21. The number of ether oxygens (including phenoxy) is 1. The van der Waals surface area contributed by atoms with Crippen molar-refractivity contribution in [1.29, 1.82) is 0 Å². The maximum Gasteiger partial charge on any atom is 0.255 e. The lowest BCUT2D eigenvalue weighted by Gasteiger charge is -2.07. The number of hydrogen-bond acceptors (Lipinski definition) is 3. The van der Waals surface area contributed by atoms with E-state index in [0.29, 0.717) is 12.2 Å². The lowest BCUT2D eigenvalue weighted by Crippen LogP contribution is -2.11. The lowest BCUT2D eigenvalue weighted by molar-refractivity contribution is 0.102. The average molecular weight is 281 g/mol. The number of aromatic nitrogens is 2. The van der Waals surface area contributed by atoms with Gasteiger partial charge >= 0.3 is 0 Å². The van der Waals surface area contributed by atoms with E-state index in [-0.39, 0.29) is 5.91 Å². The molecule has 0 aliphatic carbocycles. The molecule has 0 fully saturated rings. The first-order valence-electron chi connectivity index (χ1n) is 6.73. The summed E-state index contributed by atoms with van der Waals surface area (Å²) in [6, 6.07) is 12.7. The molecule has 3 rings (SSSR count). The van der Waals surface area contributed by atoms with Crippen molar-refractivity contribution in [3.8, 4) is 5.75 Å². The Labute approximate surface area is 121 Å². The van der Waals surface area contributed by atoms with Crippen LogP contribution in [0.15, 0.2) is 48.7 Å². The summed E-state index contributed by atoms with van der Waals surface area (Å²) in [5.41, 5.74) is 2.20. The number of fused-ring (bicyclic) bond motifs is 1. The van der Waals surface area contributed by atoms with Gasteiger partial charge in [0, 0.05) is 16.6 Å². The first-order valence-corrected chi connectivity index (χ1v) is 6.73. The Morgan fingerprint density at radius 2 is 2.05 bits per heavy atom.